The van der Waals surface area contributed by atoms with Crippen molar-refractivity contribution in [3.8, 4) is 0 Å². The molecule has 3 aromatic rings. The maximum atomic E-state index is 13.1. The van der Waals surface area contributed by atoms with Gasteiger partial charge in [0.15, 0.2) is 0 Å². The Morgan fingerprint density at radius 3 is 1.59 bits per heavy atom. The monoisotopic (exact) mass is 451 g/mol. The molecule has 2 saturated heterocycles. The topological polar surface area (TPSA) is 72.5 Å². The fourth-order valence-corrected chi connectivity index (χ4v) is 8.01. The van der Waals surface area contributed by atoms with E-state index in [-0.39, 0.29) is 13.2 Å². The Kier molecular flexibility index (Phi) is 3.89. The van der Waals surface area contributed by atoms with Crippen molar-refractivity contribution in [1.29, 1.82) is 0 Å². The molecule has 3 heterocycles. The van der Waals surface area contributed by atoms with Crippen molar-refractivity contribution in [3.63, 3.8) is 0 Å². The van der Waals surface area contributed by atoms with Crippen LogP contribution in [0.4, 0.5) is 0 Å². The van der Waals surface area contributed by atoms with Gasteiger partial charge in [0.1, 0.15) is 0 Å². The predicted octanol–water partition coefficient (Wildman–Crippen LogP) is 5.50. The molecule has 164 valence electrons. The molecule has 0 N–H and O–H groups in total. The van der Waals surface area contributed by atoms with E-state index in [1.165, 1.54) is 0 Å². The average Bonchev–Trinajstić information content (AvgIpc) is 3.47. The van der Waals surface area contributed by atoms with Crippen LogP contribution in [0, 0.1) is 0 Å². The summed E-state index contributed by atoms with van der Waals surface area (Å²) in [5, 5.41) is 0. The Morgan fingerprint density at radius 2 is 1.09 bits per heavy atom. The second-order valence-corrected chi connectivity index (χ2v) is 11.2. The molecule has 0 amide bonds. The molecule has 3 aliphatic rings. The quantitative estimate of drug-likeness (QED) is 0.487. The molecule has 0 saturated carbocycles. The second kappa shape index (κ2) is 6.40. The van der Waals surface area contributed by atoms with Crippen LogP contribution in [0.3, 0.4) is 0 Å². The van der Waals surface area contributed by atoms with E-state index in [4.69, 9.17) is 27.1 Å². The van der Waals surface area contributed by atoms with Crippen molar-refractivity contribution in [3.05, 3.63) is 108 Å². The van der Waals surface area contributed by atoms with Crippen molar-refractivity contribution in [2.45, 2.75) is 6.10 Å². The Hall–Kier alpha value is -3.22. The van der Waals surface area contributed by atoms with Crippen molar-refractivity contribution >= 4 is 24.8 Å². The average molecular weight is 451 g/mol. The summed E-state index contributed by atoms with van der Waals surface area (Å²) in [6, 6.07) is 27.7. The summed E-state index contributed by atoms with van der Waals surface area (Å²) in [6.07, 6.45) is -1.13. The van der Waals surface area contributed by atoms with Crippen LogP contribution in [0.25, 0.3) is 11.5 Å². The molecule has 32 heavy (non-hydrogen) atoms. The SMILES string of the molecule is O=C1O[P-]23(OCCO2)(OC(c2ccccc2)=C(c2ccccc2)O3)OC1c1ccccc1. The van der Waals surface area contributed by atoms with Gasteiger partial charge in [-0.15, -0.1) is 0 Å². The van der Waals surface area contributed by atoms with Crippen LogP contribution >= 0.6 is 7.31 Å². The van der Waals surface area contributed by atoms with Gasteiger partial charge in [0.25, 0.3) is 0 Å². The first kappa shape index (κ1) is 19.5. The van der Waals surface area contributed by atoms with Crippen LogP contribution in [0.5, 0.6) is 0 Å². The van der Waals surface area contributed by atoms with Crippen LogP contribution in [-0.4, -0.2) is 19.2 Å². The standard InChI is InChI=1S/C24H20O7P/c25-24-23(20-14-8-3-9-15-20)30-32(31-24,26-16-17-27-32)28-21(18-10-4-1-5-11-18)22(29-32)19-12-6-2-7-13-19/h1-15,23H,16-17H2/q-1. The van der Waals surface area contributed by atoms with E-state index in [1.54, 1.807) is 24.3 Å². The van der Waals surface area contributed by atoms with E-state index >= 15 is 0 Å². The van der Waals surface area contributed by atoms with Gasteiger partial charge >= 0.3 is 184 Å². The minimum absolute atomic E-state index is 0.0782. The molecular formula is C24H20O7P-. The van der Waals surface area contributed by atoms with Crippen molar-refractivity contribution in [2.75, 3.05) is 13.2 Å². The van der Waals surface area contributed by atoms with Crippen LogP contribution in [0.1, 0.15) is 22.8 Å². The summed E-state index contributed by atoms with van der Waals surface area (Å²) in [5.41, 5.74) is 1.98. The van der Waals surface area contributed by atoms with Gasteiger partial charge in [-0.25, -0.2) is 0 Å². The Labute approximate surface area is 184 Å². The molecule has 1 spiro atoms. The van der Waals surface area contributed by atoms with Crippen molar-refractivity contribution in [1.82, 2.24) is 0 Å². The zero-order chi connectivity index (χ0) is 21.7. The van der Waals surface area contributed by atoms with Crippen LogP contribution < -0.4 is 0 Å². The first-order chi connectivity index (χ1) is 15.6. The Balaban J connectivity index is 1.54. The van der Waals surface area contributed by atoms with Crippen LogP contribution in [0.2, 0.25) is 0 Å². The fraction of sp³-hybridized carbons (Fsp3) is 0.125. The van der Waals surface area contributed by atoms with Gasteiger partial charge in [0.2, 0.25) is 0 Å². The summed E-state index contributed by atoms with van der Waals surface area (Å²) < 4.78 is 37.0. The van der Waals surface area contributed by atoms with E-state index in [0.29, 0.717) is 28.2 Å². The molecule has 7 nitrogen and oxygen atoms in total. The van der Waals surface area contributed by atoms with E-state index < -0.39 is 19.4 Å². The van der Waals surface area contributed by atoms with Gasteiger partial charge in [0, 0.05) is 0 Å². The molecule has 8 heteroatoms. The van der Waals surface area contributed by atoms with Crippen LogP contribution in [0.15, 0.2) is 91.0 Å². The summed E-state index contributed by atoms with van der Waals surface area (Å²) in [7, 11) is -5.89. The molecule has 3 aromatic carbocycles. The molecule has 0 aromatic heterocycles. The first-order valence-electron chi connectivity index (χ1n) is 10.3. The molecule has 0 aliphatic carbocycles. The van der Waals surface area contributed by atoms with E-state index in [2.05, 4.69) is 0 Å². The van der Waals surface area contributed by atoms with Crippen LogP contribution in [-0.2, 0) is 31.9 Å². The zero-order valence-corrected chi connectivity index (χ0v) is 17.9. The zero-order valence-electron chi connectivity index (χ0n) is 17.0. The molecule has 3 aliphatic heterocycles. The van der Waals surface area contributed by atoms with E-state index in [9.17, 15) is 4.79 Å². The molecule has 1 atom stereocenters. The molecule has 6 rings (SSSR count). The number of carbonyl (C=O) groups excluding carboxylic acids is 1. The third-order valence-corrected chi connectivity index (χ3v) is 9.26. The number of hydrogen-bond donors (Lipinski definition) is 0. The van der Waals surface area contributed by atoms with Gasteiger partial charge in [-0.3, -0.25) is 0 Å². The maximum absolute atomic E-state index is 13.1. The summed E-state index contributed by atoms with van der Waals surface area (Å²) >= 11 is 0. The number of rotatable bonds is 3. The Bertz CT molecular complexity index is 1180. The molecular weight excluding hydrogens is 431 g/mol. The van der Waals surface area contributed by atoms with Gasteiger partial charge in [-0.2, -0.15) is 0 Å². The normalized spacial score (nSPS) is 26.5. The predicted molar refractivity (Wildman–Crippen MR) is 117 cm³/mol. The Morgan fingerprint density at radius 1 is 0.625 bits per heavy atom. The summed E-state index contributed by atoms with van der Waals surface area (Å²) in [5.74, 6) is -0.0677. The molecule has 0 radical (unpaired) electrons. The van der Waals surface area contributed by atoms with Gasteiger partial charge in [-0.1, -0.05) is 0 Å². The summed E-state index contributed by atoms with van der Waals surface area (Å²) in [6.45, 7) is 0.156. The van der Waals surface area contributed by atoms with Crippen molar-refractivity contribution in [2.24, 2.45) is 0 Å². The van der Waals surface area contributed by atoms with Crippen molar-refractivity contribution < 1.29 is 31.9 Å². The molecule has 2 fully saturated rings. The van der Waals surface area contributed by atoms with Gasteiger partial charge in [0.05, 0.1) is 0 Å². The second-order valence-electron chi connectivity index (χ2n) is 7.66. The number of benzene rings is 3. The third kappa shape index (κ3) is 2.66. The van der Waals surface area contributed by atoms with E-state index in [1.807, 2.05) is 66.7 Å². The number of carbonyl (C=O) groups is 1. The summed E-state index contributed by atoms with van der Waals surface area (Å²) in [4.78, 5) is 13.1. The minimum atomic E-state index is -5.89. The first-order valence-corrected chi connectivity index (χ1v) is 12.5. The fourth-order valence-electron chi connectivity index (χ4n) is 4.14. The van der Waals surface area contributed by atoms with Gasteiger partial charge in [-0.05, 0) is 0 Å². The molecule has 0 bridgehead atoms. The molecule has 1 unspecified atom stereocenters. The van der Waals surface area contributed by atoms with Gasteiger partial charge < -0.3 is 0 Å². The van der Waals surface area contributed by atoms with E-state index in [0.717, 1.165) is 0 Å². The number of hydrogen-bond acceptors (Lipinski definition) is 7. The third-order valence-electron chi connectivity index (χ3n) is 5.54.